The Bertz CT molecular complexity index is 657. The topological polar surface area (TPSA) is 43.1 Å². The molecule has 0 aliphatic rings. The van der Waals surface area contributed by atoms with E-state index in [0.717, 1.165) is 12.0 Å². The van der Waals surface area contributed by atoms with Crippen molar-refractivity contribution >= 4 is 5.78 Å². The number of aryl methyl sites for hydroxylation is 1. The maximum Gasteiger partial charge on any atom is 0.252 e. The second-order valence-electron chi connectivity index (χ2n) is 4.13. The molecule has 0 fully saturated rings. The molecule has 2 heterocycles. The molecule has 0 spiro atoms. The van der Waals surface area contributed by atoms with Crippen molar-refractivity contribution in [3.05, 3.63) is 59.7 Å². The number of nitrogens with zero attached hydrogens (tertiary/aromatic N) is 4. The lowest BCUT2D eigenvalue weighted by Crippen LogP contribution is -1.96. The maximum atomic E-state index is 4.25. The van der Waals surface area contributed by atoms with E-state index in [0.29, 0.717) is 5.78 Å². The molecule has 3 aromatic rings. The molecule has 1 aromatic carbocycles. The monoisotopic (exact) mass is 224 g/mol. The first-order valence-electron chi connectivity index (χ1n) is 5.51. The van der Waals surface area contributed by atoms with Crippen LogP contribution in [0.5, 0.6) is 0 Å². The number of hydrogen-bond donors (Lipinski definition) is 0. The molecule has 0 unspecified atom stereocenters. The fraction of sp³-hybridized carbons (Fsp3) is 0.154. The molecule has 0 aliphatic carbocycles. The fourth-order valence-corrected chi connectivity index (χ4v) is 1.91. The van der Waals surface area contributed by atoms with Crippen LogP contribution in [0.2, 0.25) is 0 Å². The standard InChI is InChI=1S/C13H12N4/c1-10-3-2-4-11(5-10)6-12-7-14-13-15-9-16-17(13)8-12/h2-5,7-9H,6H2,1H3. The van der Waals surface area contributed by atoms with Gasteiger partial charge in [-0.15, -0.1) is 0 Å². The van der Waals surface area contributed by atoms with E-state index in [2.05, 4.69) is 46.3 Å². The van der Waals surface area contributed by atoms with Gasteiger partial charge in [0, 0.05) is 18.8 Å². The molecule has 0 saturated carbocycles. The molecule has 2 aromatic heterocycles. The van der Waals surface area contributed by atoms with Crippen LogP contribution < -0.4 is 0 Å². The third-order valence-corrected chi connectivity index (χ3v) is 2.68. The van der Waals surface area contributed by atoms with Crippen molar-refractivity contribution in [3.8, 4) is 0 Å². The first kappa shape index (κ1) is 9.96. The molecule has 0 amide bonds. The van der Waals surface area contributed by atoms with E-state index in [1.165, 1.54) is 17.5 Å². The van der Waals surface area contributed by atoms with E-state index in [9.17, 15) is 0 Å². The van der Waals surface area contributed by atoms with Gasteiger partial charge in [-0.2, -0.15) is 10.1 Å². The number of fused-ring (bicyclic) bond motifs is 1. The summed E-state index contributed by atoms with van der Waals surface area (Å²) in [6, 6.07) is 8.48. The van der Waals surface area contributed by atoms with Crippen LogP contribution >= 0.6 is 0 Å². The van der Waals surface area contributed by atoms with E-state index in [1.807, 2.05) is 12.4 Å². The minimum Gasteiger partial charge on any atom is -0.219 e. The molecular weight excluding hydrogens is 212 g/mol. The Morgan fingerprint density at radius 1 is 1.18 bits per heavy atom. The highest BCUT2D eigenvalue weighted by Crippen LogP contribution is 2.10. The van der Waals surface area contributed by atoms with Crippen molar-refractivity contribution in [2.45, 2.75) is 13.3 Å². The van der Waals surface area contributed by atoms with Crippen molar-refractivity contribution < 1.29 is 0 Å². The summed E-state index contributed by atoms with van der Waals surface area (Å²) in [5.41, 5.74) is 3.69. The minimum atomic E-state index is 0.637. The van der Waals surface area contributed by atoms with Gasteiger partial charge in [-0.25, -0.2) is 9.50 Å². The van der Waals surface area contributed by atoms with Crippen LogP contribution in [0.25, 0.3) is 5.78 Å². The predicted molar refractivity (Wildman–Crippen MR) is 64.8 cm³/mol. The normalized spacial score (nSPS) is 10.9. The molecule has 84 valence electrons. The van der Waals surface area contributed by atoms with E-state index in [-0.39, 0.29) is 0 Å². The van der Waals surface area contributed by atoms with Gasteiger partial charge in [0.15, 0.2) is 0 Å². The average molecular weight is 224 g/mol. The number of rotatable bonds is 2. The minimum absolute atomic E-state index is 0.637. The summed E-state index contributed by atoms with van der Waals surface area (Å²) < 4.78 is 1.70. The molecule has 4 heteroatoms. The molecule has 0 saturated heterocycles. The van der Waals surface area contributed by atoms with Gasteiger partial charge in [-0.1, -0.05) is 29.8 Å². The molecule has 0 radical (unpaired) electrons. The van der Waals surface area contributed by atoms with E-state index >= 15 is 0 Å². The Labute approximate surface area is 99.0 Å². The molecule has 3 rings (SSSR count). The second-order valence-corrected chi connectivity index (χ2v) is 4.13. The molecule has 0 atom stereocenters. The van der Waals surface area contributed by atoms with Crippen molar-refractivity contribution in [2.75, 3.05) is 0 Å². The van der Waals surface area contributed by atoms with Gasteiger partial charge in [-0.3, -0.25) is 0 Å². The first-order valence-corrected chi connectivity index (χ1v) is 5.51. The lowest BCUT2D eigenvalue weighted by molar-refractivity contribution is 0.915. The zero-order chi connectivity index (χ0) is 11.7. The van der Waals surface area contributed by atoms with Gasteiger partial charge in [0.1, 0.15) is 6.33 Å². The number of aromatic nitrogens is 4. The van der Waals surface area contributed by atoms with Crippen LogP contribution in [0, 0.1) is 6.92 Å². The smallest absolute Gasteiger partial charge is 0.219 e. The molecule has 0 bridgehead atoms. The quantitative estimate of drug-likeness (QED) is 0.669. The van der Waals surface area contributed by atoms with Crippen molar-refractivity contribution in [1.29, 1.82) is 0 Å². The van der Waals surface area contributed by atoms with Crippen LogP contribution in [0.15, 0.2) is 43.0 Å². The van der Waals surface area contributed by atoms with Crippen LogP contribution in [0.1, 0.15) is 16.7 Å². The van der Waals surface area contributed by atoms with Crippen molar-refractivity contribution in [3.63, 3.8) is 0 Å². The van der Waals surface area contributed by atoms with Crippen molar-refractivity contribution in [2.24, 2.45) is 0 Å². The van der Waals surface area contributed by atoms with E-state index in [1.54, 1.807) is 4.52 Å². The zero-order valence-electron chi connectivity index (χ0n) is 9.54. The van der Waals surface area contributed by atoms with Crippen LogP contribution in [-0.4, -0.2) is 19.6 Å². The fourth-order valence-electron chi connectivity index (χ4n) is 1.91. The molecule has 0 aliphatic heterocycles. The molecule has 0 N–H and O–H groups in total. The van der Waals surface area contributed by atoms with Gasteiger partial charge < -0.3 is 0 Å². The highest BCUT2D eigenvalue weighted by Gasteiger charge is 2.01. The highest BCUT2D eigenvalue weighted by molar-refractivity contribution is 5.30. The predicted octanol–water partition coefficient (Wildman–Crippen LogP) is 2.02. The summed E-state index contributed by atoms with van der Waals surface area (Å²) in [4.78, 5) is 8.27. The van der Waals surface area contributed by atoms with E-state index in [4.69, 9.17) is 0 Å². The van der Waals surface area contributed by atoms with Gasteiger partial charge in [0.05, 0.1) is 0 Å². The Balaban J connectivity index is 1.94. The Morgan fingerprint density at radius 2 is 2.12 bits per heavy atom. The summed E-state index contributed by atoms with van der Waals surface area (Å²) in [5, 5.41) is 4.08. The average Bonchev–Trinajstić information content (AvgIpc) is 2.76. The van der Waals surface area contributed by atoms with Gasteiger partial charge in [0.25, 0.3) is 5.78 Å². The van der Waals surface area contributed by atoms with Gasteiger partial charge >= 0.3 is 0 Å². The Kier molecular flexibility index (Phi) is 2.33. The second kappa shape index (κ2) is 3.97. The lowest BCUT2D eigenvalue weighted by Gasteiger charge is -2.02. The number of hydrogen-bond acceptors (Lipinski definition) is 3. The van der Waals surface area contributed by atoms with Gasteiger partial charge in [-0.05, 0) is 18.1 Å². The zero-order valence-corrected chi connectivity index (χ0v) is 9.54. The largest absolute Gasteiger partial charge is 0.252 e. The highest BCUT2D eigenvalue weighted by atomic mass is 15.3. The lowest BCUT2D eigenvalue weighted by atomic mass is 10.1. The van der Waals surface area contributed by atoms with Crippen LogP contribution in [0.3, 0.4) is 0 Å². The summed E-state index contributed by atoms with van der Waals surface area (Å²) in [6.07, 6.45) is 6.20. The molecule has 17 heavy (non-hydrogen) atoms. The van der Waals surface area contributed by atoms with Crippen LogP contribution in [-0.2, 0) is 6.42 Å². The van der Waals surface area contributed by atoms with Crippen LogP contribution in [0.4, 0.5) is 0 Å². The third-order valence-electron chi connectivity index (χ3n) is 2.68. The third kappa shape index (κ3) is 2.01. The SMILES string of the molecule is Cc1cccc(Cc2cnc3ncnn3c2)c1. The first-order chi connectivity index (χ1) is 8.31. The summed E-state index contributed by atoms with van der Waals surface area (Å²) in [5.74, 6) is 0.637. The summed E-state index contributed by atoms with van der Waals surface area (Å²) >= 11 is 0. The maximum absolute atomic E-state index is 4.25. The van der Waals surface area contributed by atoms with Gasteiger partial charge in [0.2, 0.25) is 0 Å². The summed E-state index contributed by atoms with van der Waals surface area (Å²) in [7, 11) is 0. The Morgan fingerprint density at radius 3 is 3.00 bits per heavy atom. The molecular formula is C13H12N4. The van der Waals surface area contributed by atoms with Crippen molar-refractivity contribution in [1.82, 2.24) is 19.6 Å². The number of benzene rings is 1. The summed E-state index contributed by atoms with van der Waals surface area (Å²) in [6.45, 7) is 2.10. The Hall–Kier alpha value is -2.23. The molecule has 4 nitrogen and oxygen atoms in total. The van der Waals surface area contributed by atoms with E-state index < -0.39 is 0 Å².